The van der Waals surface area contributed by atoms with Crippen LogP contribution in [-0.4, -0.2) is 49.1 Å². The molecule has 1 fully saturated rings. The average molecular weight is 300 g/mol. The Morgan fingerprint density at radius 2 is 2.20 bits per heavy atom. The van der Waals surface area contributed by atoms with Crippen LogP contribution < -0.4 is 0 Å². The van der Waals surface area contributed by atoms with E-state index in [-0.39, 0.29) is 17.9 Å². The number of ether oxygens (including phenoxy) is 1. The summed E-state index contributed by atoms with van der Waals surface area (Å²) in [5.41, 5.74) is 0. The van der Waals surface area contributed by atoms with Crippen LogP contribution >= 0.6 is 15.9 Å². The first-order chi connectivity index (χ1) is 7.01. The van der Waals surface area contributed by atoms with Crippen LogP contribution in [0.4, 0.5) is 0 Å². The van der Waals surface area contributed by atoms with Crippen molar-refractivity contribution in [1.82, 2.24) is 4.31 Å². The average Bonchev–Trinajstić information content (AvgIpc) is 2.18. The summed E-state index contributed by atoms with van der Waals surface area (Å²) in [6.07, 6.45) is 0.638. The number of sulfonamides is 1. The highest BCUT2D eigenvalue weighted by atomic mass is 79.9. The van der Waals surface area contributed by atoms with Crippen LogP contribution in [0.25, 0.3) is 0 Å². The van der Waals surface area contributed by atoms with Crippen LogP contribution in [0.15, 0.2) is 0 Å². The van der Waals surface area contributed by atoms with Gasteiger partial charge in [-0.2, -0.15) is 4.31 Å². The number of alkyl halides is 1. The van der Waals surface area contributed by atoms with Crippen molar-refractivity contribution in [3.63, 3.8) is 0 Å². The second-order valence-corrected chi connectivity index (χ2v) is 6.53. The Balaban J connectivity index is 2.73. The maximum Gasteiger partial charge on any atom is 0.214 e. The van der Waals surface area contributed by atoms with Gasteiger partial charge in [-0.25, -0.2) is 8.42 Å². The lowest BCUT2D eigenvalue weighted by Crippen LogP contribution is -2.52. The Kier molecular flexibility index (Phi) is 5.02. The van der Waals surface area contributed by atoms with Crippen molar-refractivity contribution in [1.29, 1.82) is 0 Å². The number of halogens is 1. The van der Waals surface area contributed by atoms with Crippen molar-refractivity contribution in [2.75, 3.05) is 24.2 Å². The van der Waals surface area contributed by atoms with Gasteiger partial charge in [-0.1, -0.05) is 22.9 Å². The summed E-state index contributed by atoms with van der Waals surface area (Å²) in [7, 11) is -3.09. The first kappa shape index (κ1) is 13.4. The van der Waals surface area contributed by atoms with Crippen LogP contribution in [0.1, 0.15) is 20.3 Å². The first-order valence-electron chi connectivity index (χ1n) is 5.18. The van der Waals surface area contributed by atoms with Gasteiger partial charge in [-0.3, -0.25) is 0 Å². The predicted octanol–water partition coefficient (Wildman–Crippen LogP) is 1.21. The van der Waals surface area contributed by atoms with Crippen molar-refractivity contribution in [2.24, 2.45) is 0 Å². The predicted molar refractivity (Wildman–Crippen MR) is 63.8 cm³/mol. The molecule has 0 amide bonds. The molecule has 0 radical (unpaired) electrons. The largest absolute Gasteiger partial charge is 0.374 e. The van der Waals surface area contributed by atoms with Gasteiger partial charge in [0.2, 0.25) is 10.0 Å². The second kappa shape index (κ2) is 5.61. The summed E-state index contributed by atoms with van der Waals surface area (Å²) in [4.78, 5) is 0. The molecule has 0 aromatic heterocycles. The molecule has 1 saturated heterocycles. The fourth-order valence-corrected chi connectivity index (χ4v) is 3.79. The maximum absolute atomic E-state index is 11.9. The van der Waals surface area contributed by atoms with E-state index < -0.39 is 10.0 Å². The number of hydrogen-bond acceptors (Lipinski definition) is 3. The van der Waals surface area contributed by atoms with Gasteiger partial charge in [0.25, 0.3) is 0 Å². The summed E-state index contributed by atoms with van der Waals surface area (Å²) >= 11 is 3.32. The number of nitrogens with zero attached hydrogens (tertiary/aromatic N) is 1. The summed E-state index contributed by atoms with van der Waals surface area (Å²) in [6.45, 7) is 4.72. The highest BCUT2D eigenvalue weighted by Crippen LogP contribution is 2.17. The van der Waals surface area contributed by atoms with Crippen molar-refractivity contribution < 1.29 is 13.2 Å². The van der Waals surface area contributed by atoms with Crippen molar-refractivity contribution in [2.45, 2.75) is 32.4 Å². The zero-order chi connectivity index (χ0) is 11.5. The Hall–Kier alpha value is 0.350. The number of rotatable bonds is 4. The SMILES string of the molecule is CCCS(=O)(=O)N1CC(CBr)OCC1C. The first-order valence-corrected chi connectivity index (χ1v) is 7.91. The summed E-state index contributed by atoms with van der Waals surface area (Å²) in [5, 5.41) is 0.678. The molecule has 1 rings (SSSR count). The smallest absolute Gasteiger partial charge is 0.214 e. The second-order valence-electron chi connectivity index (χ2n) is 3.84. The van der Waals surface area contributed by atoms with E-state index in [9.17, 15) is 8.42 Å². The Morgan fingerprint density at radius 1 is 1.53 bits per heavy atom. The Bertz CT molecular complexity index is 294. The van der Waals surface area contributed by atoms with Gasteiger partial charge in [-0.05, 0) is 13.3 Å². The van der Waals surface area contributed by atoms with E-state index in [1.165, 1.54) is 0 Å². The van der Waals surface area contributed by atoms with Gasteiger partial charge in [0.15, 0.2) is 0 Å². The van der Waals surface area contributed by atoms with E-state index >= 15 is 0 Å². The lowest BCUT2D eigenvalue weighted by Gasteiger charge is -2.36. The summed E-state index contributed by atoms with van der Waals surface area (Å²) in [6, 6.07) is -0.0446. The molecule has 0 aromatic rings. The normalized spacial score (nSPS) is 29.3. The van der Waals surface area contributed by atoms with Gasteiger partial charge in [0.05, 0.1) is 18.5 Å². The molecule has 2 unspecified atom stereocenters. The van der Waals surface area contributed by atoms with E-state index in [0.717, 1.165) is 0 Å². The molecular formula is C9H18BrNO3S. The van der Waals surface area contributed by atoms with Crippen LogP contribution in [0, 0.1) is 0 Å². The number of hydrogen-bond donors (Lipinski definition) is 0. The minimum atomic E-state index is -3.09. The van der Waals surface area contributed by atoms with Crippen molar-refractivity contribution in [3.8, 4) is 0 Å². The molecule has 0 saturated carbocycles. The quantitative estimate of drug-likeness (QED) is 0.733. The Labute approximate surface area is 100 Å². The number of morpholine rings is 1. The molecule has 6 heteroatoms. The zero-order valence-corrected chi connectivity index (χ0v) is 11.6. The molecule has 1 aliphatic rings. The molecule has 0 aromatic carbocycles. The fourth-order valence-electron chi connectivity index (χ4n) is 1.65. The third-order valence-corrected chi connectivity index (χ3v) is 5.31. The van der Waals surface area contributed by atoms with Crippen LogP contribution in [0.2, 0.25) is 0 Å². The third kappa shape index (κ3) is 3.41. The molecular weight excluding hydrogens is 282 g/mol. The minimum absolute atomic E-state index is 0.0205. The monoisotopic (exact) mass is 299 g/mol. The van der Waals surface area contributed by atoms with E-state index in [0.29, 0.717) is 24.9 Å². The molecule has 15 heavy (non-hydrogen) atoms. The maximum atomic E-state index is 11.9. The highest BCUT2D eigenvalue weighted by Gasteiger charge is 2.33. The lowest BCUT2D eigenvalue weighted by molar-refractivity contribution is -0.0139. The van der Waals surface area contributed by atoms with E-state index in [1.807, 2.05) is 13.8 Å². The van der Waals surface area contributed by atoms with Crippen molar-refractivity contribution >= 4 is 26.0 Å². The van der Waals surface area contributed by atoms with Crippen LogP contribution in [0.3, 0.4) is 0 Å². The highest BCUT2D eigenvalue weighted by molar-refractivity contribution is 9.09. The zero-order valence-electron chi connectivity index (χ0n) is 9.15. The van der Waals surface area contributed by atoms with E-state index in [2.05, 4.69) is 15.9 Å². The molecule has 0 bridgehead atoms. The molecule has 0 spiro atoms. The molecule has 0 aliphatic carbocycles. The van der Waals surface area contributed by atoms with Gasteiger partial charge in [-0.15, -0.1) is 0 Å². The molecule has 90 valence electrons. The molecule has 2 atom stereocenters. The summed E-state index contributed by atoms with van der Waals surface area (Å²) in [5.74, 6) is 0.229. The van der Waals surface area contributed by atoms with E-state index in [1.54, 1.807) is 4.31 Å². The van der Waals surface area contributed by atoms with Gasteiger partial charge >= 0.3 is 0 Å². The van der Waals surface area contributed by atoms with Crippen LogP contribution in [0.5, 0.6) is 0 Å². The van der Waals surface area contributed by atoms with Gasteiger partial charge in [0, 0.05) is 17.9 Å². The lowest BCUT2D eigenvalue weighted by atomic mass is 10.2. The fraction of sp³-hybridized carbons (Fsp3) is 1.00. The molecule has 1 heterocycles. The molecule has 4 nitrogen and oxygen atoms in total. The Morgan fingerprint density at radius 3 is 2.73 bits per heavy atom. The van der Waals surface area contributed by atoms with Gasteiger partial charge in [0.1, 0.15) is 0 Å². The summed E-state index contributed by atoms with van der Waals surface area (Å²) < 4.78 is 30.9. The standard InChI is InChI=1S/C9H18BrNO3S/c1-3-4-15(12,13)11-6-9(5-10)14-7-8(11)2/h8-9H,3-7H2,1-2H3. The minimum Gasteiger partial charge on any atom is -0.374 e. The topological polar surface area (TPSA) is 46.6 Å². The van der Waals surface area contributed by atoms with Gasteiger partial charge < -0.3 is 4.74 Å². The third-order valence-electron chi connectivity index (χ3n) is 2.44. The molecule has 1 aliphatic heterocycles. The molecule has 0 N–H and O–H groups in total. The van der Waals surface area contributed by atoms with Crippen molar-refractivity contribution in [3.05, 3.63) is 0 Å². The van der Waals surface area contributed by atoms with Crippen LogP contribution in [-0.2, 0) is 14.8 Å². The van der Waals surface area contributed by atoms with E-state index in [4.69, 9.17) is 4.74 Å².